The first-order chi connectivity index (χ1) is 11.3. The van der Waals surface area contributed by atoms with E-state index in [1.807, 2.05) is 30.3 Å². The average molecular weight is 304 g/mol. The molecule has 3 nitrogen and oxygen atoms in total. The van der Waals surface area contributed by atoms with Gasteiger partial charge in [0.2, 0.25) is 5.88 Å². The molecule has 0 spiro atoms. The summed E-state index contributed by atoms with van der Waals surface area (Å²) in [5, 5.41) is 3.43. The maximum atomic E-state index is 5.41. The van der Waals surface area contributed by atoms with Crippen LogP contribution in [0.2, 0.25) is 0 Å². The highest BCUT2D eigenvalue weighted by Crippen LogP contribution is 2.25. The molecule has 0 aliphatic heterocycles. The Kier molecular flexibility index (Phi) is 4.57. The molecule has 116 valence electrons. The van der Waals surface area contributed by atoms with Gasteiger partial charge in [0, 0.05) is 17.7 Å². The lowest BCUT2D eigenvalue weighted by molar-refractivity contribution is 0.393. The maximum Gasteiger partial charge on any atom is 0.216 e. The molecule has 0 saturated carbocycles. The third-order valence-electron chi connectivity index (χ3n) is 3.78. The number of anilines is 2. The van der Waals surface area contributed by atoms with Crippen LogP contribution in [0.4, 0.5) is 11.4 Å². The summed E-state index contributed by atoms with van der Waals surface area (Å²) in [4.78, 5) is 4.43. The highest BCUT2D eigenvalue weighted by Gasteiger charge is 2.08. The maximum absolute atomic E-state index is 5.41. The van der Waals surface area contributed by atoms with Crippen LogP contribution in [0.25, 0.3) is 0 Å². The molecule has 3 aromatic rings. The first kappa shape index (κ1) is 15.1. The SMILES string of the molecule is COc1ncc(Nc2ccccc2C)cc1Cc1ccccc1. The zero-order valence-electron chi connectivity index (χ0n) is 13.4. The molecule has 3 heteroatoms. The third kappa shape index (κ3) is 3.69. The quantitative estimate of drug-likeness (QED) is 0.739. The van der Waals surface area contributed by atoms with Crippen molar-refractivity contribution in [3.8, 4) is 5.88 Å². The molecule has 0 fully saturated rings. The van der Waals surface area contributed by atoms with Gasteiger partial charge in [0.15, 0.2) is 0 Å². The number of rotatable bonds is 5. The van der Waals surface area contributed by atoms with E-state index in [9.17, 15) is 0 Å². The molecule has 2 aromatic carbocycles. The Morgan fingerprint density at radius 2 is 1.74 bits per heavy atom. The zero-order valence-corrected chi connectivity index (χ0v) is 13.4. The van der Waals surface area contributed by atoms with Gasteiger partial charge in [-0.05, 0) is 30.2 Å². The van der Waals surface area contributed by atoms with Gasteiger partial charge in [-0.2, -0.15) is 0 Å². The van der Waals surface area contributed by atoms with E-state index in [2.05, 4.69) is 47.6 Å². The number of nitrogens with one attached hydrogen (secondary N) is 1. The van der Waals surface area contributed by atoms with Crippen LogP contribution in [0.3, 0.4) is 0 Å². The number of aromatic nitrogens is 1. The molecular formula is C20H20N2O. The Hall–Kier alpha value is -2.81. The van der Waals surface area contributed by atoms with Crippen molar-refractivity contribution < 1.29 is 4.74 Å². The molecule has 0 bridgehead atoms. The minimum absolute atomic E-state index is 0.671. The van der Waals surface area contributed by atoms with Crippen LogP contribution in [-0.2, 0) is 6.42 Å². The monoisotopic (exact) mass is 304 g/mol. The van der Waals surface area contributed by atoms with Crippen molar-refractivity contribution in [3.05, 3.63) is 83.6 Å². The summed E-state index contributed by atoms with van der Waals surface area (Å²) in [6.45, 7) is 2.09. The average Bonchev–Trinajstić information content (AvgIpc) is 2.58. The Labute approximate surface area is 137 Å². The molecule has 0 aliphatic rings. The van der Waals surface area contributed by atoms with Crippen molar-refractivity contribution in [2.75, 3.05) is 12.4 Å². The van der Waals surface area contributed by atoms with Gasteiger partial charge in [0.25, 0.3) is 0 Å². The number of para-hydroxylation sites is 1. The summed E-state index contributed by atoms with van der Waals surface area (Å²) < 4.78 is 5.41. The van der Waals surface area contributed by atoms with Crippen molar-refractivity contribution in [2.45, 2.75) is 13.3 Å². The van der Waals surface area contributed by atoms with Crippen molar-refractivity contribution >= 4 is 11.4 Å². The predicted molar refractivity (Wildman–Crippen MR) is 94.5 cm³/mol. The molecule has 1 N–H and O–H groups in total. The van der Waals surface area contributed by atoms with Gasteiger partial charge in [-0.1, -0.05) is 48.5 Å². The third-order valence-corrected chi connectivity index (χ3v) is 3.78. The number of hydrogen-bond acceptors (Lipinski definition) is 3. The predicted octanol–water partition coefficient (Wildman–Crippen LogP) is 4.73. The molecule has 23 heavy (non-hydrogen) atoms. The molecule has 0 aliphatic carbocycles. The number of nitrogens with zero attached hydrogens (tertiary/aromatic N) is 1. The van der Waals surface area contributed by atoms with E-state index in [-0.39, 0.29) is 0 Å². The van der Waals surface area contributed by atoms with Gasteiger partial charge in [-0.3, -0.25) is 0 Å². The highest BCUT2D eigenvalue weighted by molar-refractivity contribution is 5.63. The Bertz CT molecular complexity index is 785. The van der Waals surface area contributed by atoms with Gasteiger partial charge in [-0.25, -0.2) is 4.98 Å². The van der Waals surface area contributed by atoms with Crippen LogP contribution in [0.15, 0.2) is 66.9 Å². The van der Waals surface area contributed by atoms with Crippen LogP contribution < -0.4 is 10.1 Å². The van der Waals surface area contributed by atoms with Gasteiger partial charge in [0.1, 0.15) is 0 Å². The van der Waals surface area contributed by atoms with Crippen LogP contribution in [0.1, 0.15) is 16.7 Å². The van der Waals surface area contributed by atoms with Crippen molar-refractivity contribution in [1.82, 2.24) is 4.98 Å². The first-order valence-corrected chi connectivity index (χ1v) is 7.66. The lowest BCUT2D eigenvalue weighted by Crippen LogP contribution is -2.00. The zero-order chi connectivity index (χ0) is 16.1. The minimum atomic E-state index is 0.671. The fraction of sp³-hybridized carbons (Fsp3) is 0.150. The number of benzene rings is 2. The second kappa shape index (κ2) is 6.97. The lowest BCUT2D eigenvalue weighted by atomic mass is 10.1. The van der Waals surface area contributed by atoms with Gasteiger partial charge in [0.05, 0.1) is 19.0 Å². The largest absolute Gasteiger partial charge is 0.481 e. The number of pyridine rings is 1. The van der Waals surface area contributed by atoms with Crippen molar-refractivity contribution in [2.24, 2.45) is 0 Å². The number of methoxy groups -OCH3 is 1. The van der Waals surface area contributed by atoms with Gasteiger partial charge in [-0.15, -0.1) is 0 Å². The highest BCUT2D eigenvalue weighted by atomic mass is 16.5. The smallest absolute Gasteiger partial charge is 0.216 e. The summed E-state index contributed by atoms with van der Waals surface area (Å²) in [6, 6.07) is 20.7. The second-order valence-corrected chi connectivity index (χ2v) is 5.49. The van der Waals surface area contributed by atoms with Crippen LogP contribution >= 0.6 is 0 Å². The number of ether oxygens (including phenoxy) is 1. The second-order valence-electron chi connectivity index (χ2n) is 5.49. The number of hydrogen-bond donors (Lipinski definition) is 1. The van der Waals surface area contributed by atoms with Gasteiger partial charge < -0.3 is 10.1 Å². The lowest BCUT2D eigenvalue weighted by Gasteiger charge is -2.13. The minimum Gasteiger partial charge on any atom is -0.481 e. The van der Waals surface area contributed by atoms with Gasteiger partial charge >= 0.3 is 0 Å². The molecular weight excluding hydrogens is 284 g/mol. The van der Waals surface area contributed by atoms with Crippen LogP contribution in [0, 0.1) is 6.92 Å². The van der Waals surface area contributed by atoms with E-state index in [1.54, 1.807) is 13.3 Å². The van der Waals surface area contributed by atoms with E-state index in [1.165, 1.54) is 11.1 Å². The topological polar surface area (TPSA) is 34.1 Å². The number of aryl methyl sites for hydroxylation is 1. The molecule has 1 heterocycles. The standard InChI is InChI=1S/C20H20N2O/c1-15-8-6-7-11-19(15)22-18-13-17(20(23-2)21-14-18)12-16-9-4-3-5-10-16/h3-11,13-14,22H,12H2,1-2H3. The molecule has 0 atom stereocenters. The first-order valence-electron chi connectivity index (χ1n) is 7.66. The normalized spacial score (nSPS) is 10.3. The Morgan fingerprint density at radius 1 is 1.00 bits per heavy atom. The van der Waals surface area contributed by atoms with E-state index in [0.717, 1.165) is 23.4 Å². The fourth-order valence-corrected chi connectivity index (χ4v) is 2.56. The van der Waals surface area contributed by atoms with Crippen molar-refractivity contribution in [3.63, 3.8) is 0 Å². The van der Waals surface area contributed by atoms with Crippen LogP contribution in [0.5, 0.6) is 5.88 Å². The summed E-state index contributed by atoms with van der Waals surface area (Å²) in [5.74, 6) is 0.671. The van der Waals surface area contributed by atoms with Crippen molar-refractivity contribution in [1.29, 1.82) is 0 Å². The Morgan fingerprint density at radius 3 is 2.48 bits per heavy atom. The van der Waals surface area contributed by atoms with Crippen LogP contribution in [-0.4, -0.2) is 12.1 Å². The van der Waals surface area contributed by atoms with E-state index >= 15 is 0 Å². The molecule has 0 radical (unpaired) electrons. The summed E-state index contributed by atoms with van der Waals surface area (Å²) >= 11 is 0. The van der Waals surface area contributed by atoms with E-state index in [0.29, 0.717) is 5.88 Å². The summed E-state index contributed by atoms with van der Waals surface area (Å²) in [6.07, 6.45) is 2.60. The summed E-state index contributed by atoms with van der Waals surface area (Å²) in [7, 11) is 1.66. The summed E-state index contributed by atoms with van der Waals surface area (Å²) in [5.41, 5.74) is 5.56. The van der Waals surface area contributed by atoms with E-state index < -0.39 is 0 Å². The molecule has 3 rings (SSSR count). The van der Waals surface area contributed by atoms with E-state index in [4.69, 9.17) is 4.74 Å². The fourth-order valence-electron chi connectivity index (χ4n) is 2.56. The molecule has 0 unspecified atom stereocenters. The Balaban J connectivity index is 1.88. The molecule has 0 saturated heterocycles. The molecule has 0 amide bonds. The molecule has 1 aromatic heterocycles.